The molecule has 26 heavy (non-hydrogen) atoms. The van der Waals surface area contributed by atoms with E-state index in [1.807, 2.05) is 84.9 Å². The molecule has 0 radical (unpaired) electrons. The highest BCUT2D eigenvalue weighted by Crippen LogP contribution is 2.04. The van der Waals surface area contributed by atoms with Gasteiger partial charge in [-0.15, -0.1) is 0 Å². The minimum absolute atomic E-state index is 0.450. The molecule has 0 aliphatic heterocycles. The summed E-state index contributed by atoms with van der Waals surface area (Å²) in [7, 11) is 0. The molecule has 4 nitrogen and oxygen atoms in total. The molecule has 0 aromatic heterocycles. The van der Waals surface area contributed by atoms with Gasteiger partial charge in [-0.2, -0.15) is 0 Å². The summed E-state index contributed by atoms with van der Waals surface area (Å²) in [6, 6.07) is 27.7. The van der Waals surface area contributed by atoms with Crippen LogP contribution in [0.15, 0.2) is 95.2 Å². The van der Waals surface area contributed by atoms with Crippen molar-refractivity contribution in [2.75, 3.05) is 0 Å². The summed E-state index contributed by atoms with van der Waals surface area (Å²) in [5, 5.41) is 8.03. The van der Waals surface area contributed by atoms with E-state index >= 15 is 0 Å². The Hall–Kier alpha value is -3.40. The Bertz CT molecular complexity index is 778. The van der Waals surface area contributed by atoms with Crippen LogP contribution in [0.4, 0.5) is 0 Å². The van der Waals surface area contributed by atoms with Crippen molar-refractivity contribution < 1.29 is 9.68 Å². The van der Waals surface area contributed by atoms with Crippen LogP contribution >= 0.6 is 0 Å². The monoisotopic (exact) mass is 344 g/mol. The minimum Gasteiger partial charge on any atom is -0.391 e. The normalized spacial score (nSPS) is 11.1. The first-order valence-corrected chi connectivity index (χ1v) is 8.39. The molecule has 0 N–H and O–H groups in total. The van der Waals surface area contributed by atoms with Gasteiger partial charge in [-0.25, -0.2) is 0 Å². The fourth-order valence-corrected chi connectivity index (χ4v) is 2.29. The summed E-state index contributed by atoms with van der Waals surface area (Å²) < 4.78 is 0. The fourth-order valence-electron chi connectivity index (χ4n) is 2.29. The Morgan fingerprint density at radius 3 is 1.50 bits per heavy atom. The number of nitrogens with zero attached hydrogens (tertiary/aromatic N) is 2. The maximum atomic E-state index is 5.32. The molecule has 0 unspecified atom stereocenters. The molecule has 0 bridgehead atoms. The van der Waals surface area contributed by atoms with Crippen LogP contribution in [-0.4, -0.2) is 12.4 Å². The van der Waals surface area contributed by atoms with E-state index in [2.05, 4.69) is 10.3 Å². The Morgan fingerprint density at radius 1 is 0.577 bits per heavy atom. The van der Waals surface area contributed by atoms with Crippen LogP contribution in [0.1, 0.15) is 22.3 Å². The van der Waals surface area contributed by atoms with Gasteiger partial charge in [0, 0.05) is 0 Å². The number of rotatable bonds is 8. The smallest absolute Gasteiger partial charge is 0.142 e. The highest BCUT2D eigenvalue weighted by atomic mass is 16.6. The maximum absolute atomic E-state index is 5.32. The molecular formula is C22H20N2O2. The van der Waals surface area contributed by atoms with E-state index in [0.29, 0.717) is 13.2 Å². The van der Waals surface area contributed by atoms with Gasteiger partial charge in [0.1, 0.15) is 13.2 Å². The third-order valence-corrected chi connectivity index (χ3v) is 3.61. The Morgan fingerprint density at radius 2 is 1.04 bits per heavy atom. The second-order valence-electron chi connectivity index (χ2n) is 5.66. The van der Waals surface area contributed by atoms with Gasteiger partial charge in [0.25, 0.3) is 0 Å². The van der Waals surface area contributed by atoms with Crippen LogP contribution < -0.4 is 0 Å². The molecule has 0 heterocycles. The predicted molar refractivity (Wildman–Crippen MR) is 104 cm³/mol. The van der Waals surface area contributed by atoms with Gasteiger partial charge in [0.15, 0.2) is 0 Å². The first-order chi connectivity index (χ1) is 12.9. The maximum Gasteiger partial charge on any atom is 0.142 e. The molecule has 130 valence electrons. The van der Waals surface area contributed by atoms with E-state index in [4.69, 9.17) is 9.68 Å². The zero-order chi connectivity index (χ0) is 17.9. The number of hydrogen-bond acceptors (Lipinski definition) is 4. The summed E-state index contributed by atoms with van der Waals surface area (Å²) in [6.07, 6.45) is 3.37. The van der Waals surface area contributed by atoms with Gasteiger partial charge in [-0.1, -0.05) is 89.2 Å². The van der Waals surface area contributed by atoms with Crippen LogP contribution in [0.5, 0.6) is 0 Å². The van der Waals surface area contributed by atoms with Gasteiger partial charge in [-0.3, -0.25) is 0 Å². The molecule has 0 amide bonds. The number of benzene rings is 3. The average Bonchev–Trinajstić information content (AvgIpc) is 2.71. The van der Waals surface area contributed by atoms with Crippen LogP contribution in [0.2, 0.25) is 0 Å². The number of hydrogen-bond donors (Lipinski definition) is 0. The molecule has 0 aliphatic carbocycles. The zero-order valence-corrected chi connectivity index (χ0v) is 14.4. The summed E-state index contributed by atoms with van der Waals surface area (Å²) in [5.74, 6) is 0. The highest BCUT2D eigenvalue weighted by molar-refractivity contribution is 5.85. The molecule has 3 aromatic rings. The Balaban J connectivity index is 1.48. The van der Waals surface area contributed by atoms with Crippen molar-refractivity contribution in [3.8, 4) is 0 Å². The van der Waals surface area contributed by atoms with Crippen LogP contribution in [-0.2, 0) is 22.9 Å². The molecule has 4 heteroatoms. The highest BCUT2D eigenvalue weighted by Gasteiger charge is 1.94. The molecule has 3 rings (SSSR count). The molecule has 0 saturated carbocycles. The summed E-state index contributed by atoms with van der Waals surface area (Å²) >= 11 is 0. The topological polar surface area (TPSA) is 43.2 Å². The zero-order valence-electron chi connectivity index (χ0n) is 14.4. The summed E-state index contributed by atoms with van der Waals surface area (Å²) in [5.41, 5.74) is 4.04. The van der Waals surface area contributed by atoms with E-state index in [1.165, 1.54) is 0 Å². The average molecular weight is 344 g/mol. The van der Waals surface area contributed by atoms with Crippen molar-refractivity contribution in [3.05, 3.63) is 107 Å². The SMILES string of the molecule is C(=N\OCc1ccccc1)/c1cccc(/C=N/OCc2ccccc2)c1. The third-order valence-electron chi connectivity index (χ3n) is 3.61. The van der Waals surface area contributed by atoms with Crippen molar-refractivity contribution in [1.82, 2.24) is 0 Å². The summed E-state index contributed by atoms with van der Waals surface area (Å²) in [4.78, 5) is 10.6. The quantitative estimate of drug-likeness (QED) is 0.436. The minimum atomic E-state index is 0.450. The van der Waals surface area contributed by atoms with Gasteiger partial charge in [0.2, 0.25) is 0 Å². The van der Waals surface area contributed by atoms with Gasteiger partial charge in [-0.05, 0) is 28.3 Å². The van der Waals surface area contributed by atoms with E-state index in [-0.39, 0.29) is 0 Å². The van der Waals surface area contributed by atoms with Crippen molar-refractivity contribution in [2.24, 2.45) is 10.3 Å². The van der Waals surface area contributed by atoms with Crippen molar-refractivity contribution in [3.63, 3.8) is 0 Å². The predicted octanol–water partition coefficient (Wildman–Crippen LogP) is 4.79. The van der Waals surface area contributed by atoms with Crippen LogP contribution in [0.25, 0.3) is 0 Å². The van der Waals surface area contributed by atoms with E-state index in [0.717, 1.165) is 22.3 Å². The van der Waals surface area contributed by atoms with Crippen molar-refractivity contribution in [1.29, 1.82) is 0 Å². The molecule has 0 fully saturated rings. The first-order valence-electron chi connectivity index (χ1n) is 8.39. The lowest BCUT2D eigenvalue weighted by Gasteiger charge is -2.00. The lowest BCUT2D eigenvalue weighted by molar-refractivity contribution is 0.132. The van der Waals surface area contributed by atoms with Crippen LogP contribution in [0, 0.1) is 0 Å². The molecule has 0 atom stereocenters. The third kappa shape index (κ3) is 5.91. The standard InChI is InChI=1S/C22H20N2O2/c1-3-8-19(9-4-1)17-25-23-15-21-12-7-13-22(14-21)16-24-26-18-20-10-5-2-6-11-20/h1-16H,17-18H2/b23-15+,24-16+. The van der Waals surface area contributed by atoms with Crippen LogP contribution in [0.3, 0.4) is 0 Å². The second-order valence-corrected chi connectivity index (χ2v) is 5.66. The van der Waals surface area contributed by atoms with Crippen molar-refractivity contribution >= 4 is 12.4 Å². The molecule has 3 aromatic carbocycles. The summed E-state index contributed by atoms with van der Waals surface area (Å²) in [6.45, 7) is 0.900. The van der Waals surface area contributed by atoms with Gasteiger partial charge >= 0.3 is 0 Å². The molecule has 0 aliphatic rings. The fraction of sp³-hybridized carbons (Fsp3) is 0.0909. The largest absolute Gasteiger partial charge is 0.391 e. The molecular weight excluding hydrogens is 324 g/mol. The van der Waals surface area contributed by atoms with Gasteiger partial charge in [0.05, 0.1) is 12.4 Å². The molecule has 0 saturated heterocycles. The Labute approximate surface area is 153 Å². The second kappa shape index (κ2) is 9.79. The van der Waals surface area contributed by atoms with E-state index in [1.54, 1.807) is 12.4 Å². The lowest BCUT2D eigenvalue weighted by Crippen LogP contribution is -1.90. The molecule has 0 spiro atoms. The lowest BCUT2D eigenvalue weighted by atomic mass is 10.1. The Kier molecular flexibility index (Phi) is 6.56. The van der Waals surface area contributed by atoms with E-state index in [9.17, 15) is 0 Å². The van der Waals surface area contributed by atoms with E-state index < -0.39 is 0 Å². The number of oxime groups is 2. The van der Waals surface area contributed by atoms with Gasteiger partial charge < -0.3 is 9.68 Å². The van der Waals surface area contributed by atoms with Crippen molar-refractivity contribution in [2.45, 2.75) is 13.2 Å². The first kappa shape index (κ1) is 17.4.